The smallest absolute Gasteiger partial charge is 0.419 e. The number of nitrogens with zero attached hydrogens (tertiary/aromatic N) is 2. The molecule has 1 heterocycles. The lowest BCUT2D eigenvalue weighted by Gasteiger charge is -2.49. The molecular formula is C22H20F5N3O2. The predicted molar refractivity (Wildman–Crippen MR) is 107 cm³/mol. The Labute approximate surface area is 179 Å². The summed E-state index contributed by atoms with van der Waals surface area (Å²) in [6.07, 6.45) is -4.68. The Bertz CT molecular complexity index is 1230. The number of benzene rings is 2. The van der Waals surface area contributed by atoms with Crippen LogP contribution in [0.25, 0.3) is 10.9 Å². The topological polar surface area (TPSA) is 78.3 Å². The molecule has 0 radical (unpaired) electrons. The van der Waals surface area contributed by atoms with Crippen molar-refractivity contribution in [2.45, 2.75) is 50.4 Å². The molecule has 1 aliphatic rings. The van der Waals surface area contributed by atoms with E-state index in [0.29, 0.717) is 6.07 Å². The van der Waals surface area contributed by atoms with Gasteiger partial charge in [0.2, 0.25) is 0 Å². The quantitative estimate of drug-likeness (QED) is 0.474. The van der Waals surface area contributed by atoms with Gasteiger partial charge in [0.05, 0.1) is 6.04 Å². The van der Waals surface area contributed by atoms with Crippen LogP contribution in [0.1, 0.15) is 43.3 Å². The van der Waals surface area contributed by atoms with E-state index < -0.39 is 46.8 Å². The van der Waals surface area contributed by atoms with E-state index in [2.05, 4.69) is 15.3 Å². The third-order valence-electron chi connectivity index (χ3n) is 5.93. The van der Waals surface area contributed by atoms with Gasteiger partial charge in [0, 0.05) is 28.9 Å². The van der Waals surface area contributed by atoms with E-state index in [1.165, 1.54) is 45.2 Å². The number of rotatable bonds is 2. The molecule has 10 heteroatoms. The average molecular weight is 453 g/mol. The Balaban J connectivity index is 1.98. The number of anilines is 1. The highest BCUT2D eigenvalue weighted by Gasteiger charge is 2.64. The van der Waals surface area contributed by atoms with Crippen molar-refractivity contribution in [1.82, 2.24) is 9.97 Å². The molecule has 0 amide bonds. The van der Waals surface area contributed by atoms with Crippen molar-refractivity contribution >= 4 is 16.6 Å². The Hall–Kier alpha value is -3.01. The van der Waals surface area contributed by atoms with E-state index in [1.54, 1.807) is 0 Å². The van der Waals surface area contributed by atoms with Crippen LogP contribution in [-0.4, -0.2) is 32.0 Å². The summed E-state index contributed by atoms with van der Waals surface area (Å²) in [7, 11) is 0. The first-order valence-electron chi connectivity index (χ1n) is 9.75. The lowest BCUT2D eigenvalue weighted by atomic mass is 9.63. The minimum Gasteiger partial charge on any atom is -0.508 e. The van der Waals surface area contributed by atoms with Crippen LogP contribution in [0.15, 0.2) is 30.5 Å². The second-order valence-corrected chi connectivity index (χ2v) is 8.70. The standard InChI is InChI=1S/C22H20F5N3O2/c1-10-28-8-12-14(7-13(23)17(24)18(12)29-10)30-19-11-5-4-6-15(31)16(11)20(2,3)9-21(19,32)22(25,26)27/h4-8,19,30-32H,9H2,1-3H3/t19-,21+/m0/s1. The van der Waals surface area contributed by atoms with Crippen molar-refractivity contribution in [2.24, 2.45) is 0 Å². The second kappa shape index (κ2) is 6.99. The fraction of sp³-hybridized carbons (Fsp3) is 0.364. The van der Waals surface area contributed by atoms with Crippen molar-refractivity contribution in [3.63, 3.8) is 0 Å². The summed E-state index contributed by atoms with van der Waals surface area (Å²) in [5, 5.41) is 23.9. The molecule has 0 fully saturated rings. The van der Waals surface area contributed by atoms with E-state index in [0.717, 1.165) is 0 Å². The normalized spacial score (nSPS) is 22.6. The molecule has 0 spiro atoms. The first-order chi connectivity index (χ1) is 14.8. The number of phenols is 1. The van der Waals surface area contributed by atoms with E-state index in [9.17, 15) is 32.2 Å². The van der Waals surface area contributed by atoms with Crippen molar-refractivity contribution in [1.29, 1.82) is 0 Å². The number of aromatic nitrogens is 2. The highest BCUT2D eigenvalue weighted by molar-refractivity contribution is 5.91. The first kappa shape index (κ1) is 22.2. The molecule has 5 nitrogen and oxygen atoms in total. The van der Waals surface area contributed by atoms with E-state index >= 15 is 0 Å². The number of aromatic hydroxyl groups is 1. The van der Waals surface area contributed by atoms with Crippen molar-refractivity contribution in [2.75, 3.05) is 5.32 Å². The molecule has 170 valence electrons. The lowest BCUT2D eigenvalue weighted by molar-refractivity contribution is -0.275. The van der Waals surface area contributed by atoms with Crippen LogP contribution < -0.4 is 5.32 Å². The van der Waals surface area contributed by atoms with Gasteiger partial charge in [-0.2, -0.15) is 13.2 Å². The third-order valence-corrected chi connectivity index (χ3v) is 5.93. The van der Waals surface area contributed by atoms with Gasteiger partial charge in [0.25, 0.3) is 0 Å². The zero-order valence-electron chi connectivity index (χ0n) is 17.3. The molecule has 3 aromatic rings. The molecule has 3 N–H and O–H groups in total. The van der Waals surface area contributed by atoms with Crippen LogP contribution in [0.5, 0.6) is 5.75 Å². The Morgan fingerprint density at radius 3 is 2.53 bits per heavy atom. The van der Waals surface area contributed by atoms with Crippen molar-refractivity contribution in [3.8, 4) is 5.75 Å². The van der Waals surface area contributed by atoms with E-state index in [1.807, 2.05) is 0 Å². The van der Waals surface area contributed by atoms with Crippen LogP contribution in [0, 0.1) is 18.6 Å². The zero-order valence-corrected chi connectivity index (χ0v) is 17.3. The second-order valence-electron chi connectivity index (χ2n) is 8.70. The number of alkyl halides is 3. The Morgan fingerprint density at radius 1 is 1.19 bits per heavy atom. The maximum absolute atomic E-state index is 14.3. The molecule has 1 aromatic heterocycles. The number of hydrogen-bond acceptors (Lipinski definition) is 5. The summed E-state index contributed by atoms with van der Waals surface area (Å²) in [5.74, 6) is -2.65. The molecule has 0 saturated heterocycles. The third kappa shape index (κ3) is 3.24. The van der Waals surface area contributed by atoms with Crippen LogP contribution in [0.2, 0.25) is 0 Å². The summed E-state index contributed by atoms with van der Waals surface area (Å²) in [5.41, 5.74) is -4.92. The lowest BCUT2D eigenvalue weighted by Crippen LogP contribution is -2.58. The summed E-state index contributed by atoms with van der Waals surface area (Å²) in [6, 6.07) is 2.94. The molecule has 2 aromatic carbocycles. The maximum Gasteiger partial charge on any atom is 0.419 e. The minimum atomic E-state index is -5.08. The number of aryl methyl sites for hydroxylation is 1. The number of hydrogen-bond donors (Lipinski definition) is 3. The van der Waals surface area contributed by atoms with Crippen molar-refractivity contribution in [3.05, 3.63) is 59.0 Å². The molecule has 1 aliphatic carbocycles. The van der Waals surface area contributed by atoms with Gasteiger partial charge in [-0.3, -0.25) is 0 Å². The number of aliphatic hydroxyl groups is 1. The number of halogens is 5. The highest BCUT2D eigenvalue weighted by Crippen LogP contribution is 2.56. The van der Waals surface area contributed by atoms with Gasteiger partial charge in [0.15, 0.2) is 17.2 Å². The minimum absolute atomic E-state index is 0.00742. The van der Waals surface area contributed by atoms with Gasteiger partial charge in [-0.15, -0.1) is 0 Å². The average Bonchev–Trinajstić information content (AvgIpc) is 2.67. The van der Waals surface area contributed by atoms with Gasteiger partial charge in [0.1, 0.15) is 17.1 Å². The highest BCUT2D eigenvalue weighted by atomic mass is 19.4. The van der Waals surface area contributed by atoms with Crippen LogP contribution >= 0.6 is 0 Å². The van der Waals surface area contributed by atoms with Gasteiger partial charge in [-0.25, -0.2) is 18.7 Å². The largest absolute Gasteiger partial charge is 0.508 e. The zero-order chi connectivity index (χ0) is 23.6. The SMILES string of the molecule is Cc1ncc2c(N[C@H]3c4cccc(O)c4C(C)(C)C[C@]3(O)C(F)(F)F)cc(F)c(F)c2n1. The fourth-order valence-electron chi connectivity index (χ4n) is 4.61. The number of nitrogens with one attached hydrogen (secondary N) is 1. The monoisotopic (exact) mass is 453 g/mol. The molecule has 0 unspecified atom stereocenters. The van der Waals surface area contributed by atoms with Gasteiger partial charge >= 0.3 is 6.18 Å². The fourth-order valence-corrected chi connectivity index (χ4v) is 4.61. The first-order valence-corrected chi connectivity index (χ1v) is 9.75. The molecule has 2 atom stereocenters. The number of fused-ring (bicyclic) bond motifs is 2. The van der Waals surface area contributed by atoms with Crippen LogP contribution in [0.4, 0.5) is 27.6 Å². The summed E-state index contributed by atoms with van der Waals surface area (Å²) in [6.45, 7) is 4.44. The number of phenolic OH excluding ortho intramolecular Hbond substituents is 1. The molecule has 0 aliphatic heterocycles. The van der Waals surface area contributed by atoms with Crippen LogP contribution in [-0.2, 0) is 5.41 Å². The predicted octanol–water partition coefficient (Wildman–Crippen LogP) is 5.05. The van der Waals surface area contributed by atoms with Crippen molar-refractivity contribution < 1.29 is 32.2 Å². The molecule has 4 rings (SSSR count). The molecule has 32 heavy (non-hydrogen) atoms. The molecule has 0 saturated carbocycles. The van der Waals surface area contributed by atoms with Gasteiger partial charge in [-0.1, -0.05) is 26.0 Å². The summed E-state index contributed by atoms with van der Waals surface area (Å²) in [4.78, 5) is 7.80. The summed E-state index contributed by atoms with van der Waals surface area (Å²) >= 11 is 0. The molecule has 0 bridgehead atoms. The van der Waals surface area contributed by atoms with Gasteiger partial charge < -0.3 is 15.5 Å². The van der Waals surface area contributed by atoms with Gasteiger partial charge in [-0.05, 0) is 30.4 Å². The summed E-state index contributed by atoms with van der Waals surface area (Å²) < 4.78 is 71.3. The maximum atomic E-state index is 14.3. The molecular weight excluding hydrogens is 433 g/mol. The Morgan fingerprint density at radius 2 is 1.88 bits per heavy atom. The Kier molecular flexibility index (Phi) is 4.85. The van der Waals surface area contributed by atoms with E-state index in [-0.39, 0.29) is 33.8 Å². The van der Waals surface area contributed by atoms with Crippen LogP contribution in [0.3, 0.4) is 0 Å². The van der Waals surface area contributed by atoms with E-state index in [4.69, 9.17) is 0 Å².